The SMILES string of the molecule is Cc1ccc(CC(CO)Cc2ccc(C)cc2C)cc1. The van der Waals surface area contributed by atoms with Crippen LogP contribution in [0.5, 0.6) is 0 Å². The zero-order valence-electron chi connectivity index (χ0n) is 12.7. The molecule has 0 fully saturated rings. The van der Waals surface area contributed by atoms with Crippen LogP contribution in [0.4, 0.5) is 0 Å². The molecule has 1 unspecified atom stereocenters. The molecule has 0 aliphatic heterocycles. The zero-order valence-corrected chi connectivity index (χ0v) is 12.7. The van der Waals surface area contributed by atoms with Crippen LogP contribution in [-0.4, -0.2) is 11.7 Å². The van der Waals surface area contributed by atoms with Crippen molar-refractivity contribution in [2.24, 2.45) is 5.92 Å². The fourth-order valence-corrected chi connectivity index (χ4v) is 2.64. The molecule has 1 heteroatoms. The van der Waals surface area contributed by atoms with Gasteiger partial charge in [0, 0.05) is 6.61 Å². The second-order valence-electron chi connectivity index (χ2n) is 5.87. The smallest absolute Gasteiger partial charge is 0.0465 e. The monoisotopic (exact) mass is 268 g/mol. The van der Waals surface area contributed by atoms with Gasteiger partial charge in [-0.15, -0.1) is 0 Å². The molecule has 0 aliphatic rings. The standard InChI is InChI=1S/C19H24O/c1-14-4-7-17(8-5-14)11-18(13-20)12-19-9-6-15(2)10-16(19)3/h4-10,18,20H,11-13H2,1-3H3. The summed E-state index contributed by atoms with van der Waals surface area (Å²) in [6, 6.07) is 15.2. The fraction of sp³-hybridized carbons (Fsp3) is 0.368. The lowest BCUT2D eigenvalue weighted by molar-refractivity contribution is 0.225. The normalized spacial score (nSPS) is 12.4. The van der Waals surface area contributed by atoms with E-state index in [0.29, 0.717) is 5.92 Å². The van der Waals surface area contributed by atoms with Crippen LogP contribution in [0.25, 0.3) is 0 Å². The van der Waals surface area contributed by atoms with E-state index in [9.17, 15) is 5.11 Å². The average molecular weight is 268 g/mol. The Hall–Kier alpha value is -1.60. The van der Waals surface area contributed by atoms with Crippen molar-refractivity contribution in [3.63, 3.8) is 0 Å². The van der Waals surface area contributed by atoms with E-state index in [2.05, 4.69) is 63.2 Å². The minimum Gasteiger partial charge on any atom is -0.396 e. The highest BCUT2D eigenvalue weighted by Crippen LogP contribution is 2.18. The number of aliphatic hydroxyl groups excluding tert-OH is 1. The van der Waals surface area contributed by atoms with Gasteiger partial charge in [0.15, 0.2) is 0 Å². The highest BCUT2D eigenvalue weighted by molar-refractivity contribution is 5.31. The molecule has 20 heavy (non-hydrogen) atoms. The molecule has 1 nitrogen and oxygen atoms in total. The third-order valence-electron chi connectivity index (χ3n) is 3.91. The predicted molar refractivity (Wildman–Crippen MR) is 85.1 cm³/mol. The lowest BCUT2D eigenvalue weighted by atomic mass is 9.90. The molecule has 0 bridgehead atoms. The van der Waals surface area contributed by atoms with Crippen molar-refractivity contribution in [2.45, 2.75) is 33.6 Å². The summed E-state index contributed by atoms with van der Waals surface area (Å²) in [5, 5.41) is 9.65. The van der Waals surface area contributed by atoms with Gasteiger partial charge in [-0.1, -0.05) is 53.6 Å². The molecule has 106 valence electrons. The molecule has 1 atom stereocenters. The minimum atomic E-state index is 0.237. The minimum absolute atomic E-state index is 0.237. The van der Waals surface area contributed by atoms with Crippen molar-refractivity contribution >= 4 is 0 Å². The fourth-order valence-electron chi connectivity index (χ4n) is 2.64. The Balaban J connectivity index is 2.07. The van der Waals surface area contributed by atoms with Crippen molar-refractivity contribution in [1.29, 1.82) is 0 Å². The third-order valence-corrected chi connectivity index (χ3v) is 3.91. The first-order valence-electron chi connectivity index (χ1n) is 7.31. The Morgan fingerprint density at radius 2 is 1.50 bits per heavy atom. The summed E-state index contributed by atoms with van der Waals surface area (Å²) >= 11 is 0. The maximum atomic E-state index is 9.65. The van der Waals surface area contributed by atoms with Crippen molar-refractivity contribution < 1.29 is 5.11 Å². The van der Waals surface area contributed by atoms with Crippen LogP contribution >= 0.6 is 0 Å². The lowest BCUT2D eigenvalue weighted by Crippen LogP contribution is -2.13. The molecule has 2 rings (SSSR count). The van der Waals surface area contributed by atoms with Crippen LogP contribution < -0.4 is 0 Å². The molecule has 2 aromatic rings. The van der Waals surface area contributed by atoms with Gasteiger partial charge in [-0.25, -0.2) is 0 Å². The van der Waals surface area contributed by atoms with E-state index in [4.69, 9.17) is 0 Å². The molecule has 0 saturated heterocycles. The first kappa shape index (κ1) is 14.8. The van der Waals surface area contributed by atoms with Gasteiger partial charge in [0.25, 0.3) is 0 Å². The van der Waals surface area contributed by atoms with Crippen molar-refractivity contribution in [2.75, 3.05) is 6.61 Å². The zero-order chi connectivity index (χ0) is 14.5. The molecular formula is C19H24O. The quantitative estimate of drug-likeness (QED) is 0.869. The maximum absolute atomic E-state index is 9.65. The Labute approximate surface area is 122 Å². The van der Waals surface area contributed by atoms with Crippen molar-refractivity contribution in [3.05, 3.63) is 70.3 Å². The number of aryl methyl sites for hydroxylation is 3. The van der Waals surface area contributed by atoms with Crippen LogP contribution in [0.1, 0.15) is 27.8 Å². The van der Waals surface area contributed by atoms with Gasteiger partial charge < -0.3 is 5.11 Å². The Morgan fingerprint density at radius 1 is 0.850 bits per heavy atom. The van der Waals surface area contributed by atoms with Crippen LogP contribution in [-0.2, 0) is 12.8 Å². The molecule has 0 amide bonds. The molecule has 0 heterocycles. The van der Waals surface area contributed by atoms with Gasteiger partial charge in [0.1, 0.15) is 0 Å². The van der Waals surface area contributed by atoms with Crippen molar-refractivity contribution in [3.8, 4) is 0 Å². The van der Waals surface area contributed by atoms with E-state index in [-0.39, 0.29) is 6.61 Å². The van der Waals surface area contributed by atoms with E-state index >= 15 is 0 Å². The molecule has 0 radical (unpaired) electrons. The van der Waals surface area contributed by atoms with E-state index in [1.165, 1.54) is 27.8 Å². The molecule has 0 aromatic heterocycles. The highest BCUT2D eigenvalue weighted by atomic mass is 16.3. The lowest BCUT2D eigenvalue weighted by Gasteiger charge is -2.16. The topological polar surface area (TPSA) is 20.2 Å². The van der Waals surface area contributed by atoms with E-state index in [1.807, 2.05) is 0 Å². The van der Waals surface area contributed by atoms with Gasteiger partial charge in [0.05, 0.1) is 0 Å². The van der Waals surface area contributed by atoms with Gasteiger partial charge in [-0.3, -0.25) is 0 Å². The van der Waals surface area contributed by atoms with Crippen LogP contribution in [0.3, 0.4) is 0 Å². The first-order valence-corrected chi connectivity index (χ1v) is 7.31. The van der Waals surface area contributed by atoms with Gasteiger partial charge in [-0.05, 0) is 56.2 Å². The van der Waals surface area contributed by atoms with Crippen LogP contribution in [0.2, 0.25) is 0 Å². The molecular weight excluding hydrogens is 244 g/mol. The first-order chi connectivity index (χ1) is 9.58. The van der Waals surface area contributed by atoms with E-state index < -0.39 is 0 Å². The summed E-state index contributed by atoms with van der Waals surface area (Å²) in [4.78, 5) is 0. The highest BCUT2D eigenvalue weighted by Gasteiger charge is 2.11. The van der Waals surface area contributed by atoms with Gasteiger partial charge in [0.2, 0.25) is 0 Å². The van der Waals surface area contributed by atoms with Crippen LogP contribution in [0.15, 0.2) is 42.5 Å². The number of hydrogen-bond donors (Lipinski definition) is 1. The van der Waals surface area contributed by atoms with Gasteiger partial charge in [-0.2, -0.15) is 0 Å². The van der Waals surface area contributed by atoms with Crippen LogP contribution in [0, 0.1) is 26.7 Å². The summed E-state index contributed by atoms with van der Waals surface area (Å²) < 4.78 is 0. The summed E-state index contributed by atoms with van der Waals surface area (Å²) in [5.41, 5.74) is 6.56. The largest absolute Gasteiger partial charge is 0.396 e. The Bertz CT molecular complexity index is 554. The Kier molecular flexibility index (Phi) is 4.97. The Morgan fingerprint density at radius 3 is 2.10 bits per heavy atom. The molecule has 0 saturated carbocycles. The number of hydrogen-bond acceptors (Lipinski definition) is 1. The van der Waals surface area contributed by atoms with Crippen molar-refractivity contribution in [1.82, 2.24) is 0 Å². The number of benzene rings is 2. The number of aliphatic hydroxyl groups is 1. The number of rotatable bonds is 5. The van der Waals surface area contributed by atoms with E-state index in [1.54, 1.807) is 0 Å². The van der Waals surface area contributed by atoms with E-state index in [0.717, 1.165) is 12.8 Å². The second-order valence-corrected chi connectivity index (χ2v) is 5.87. The second kappa shape index (κ2) is 6.71. The molecule has 2 aromatic carbocycles. The molecule has 0 aliphatic carbocycles. The van der Waals surface area contributed by atoms with Gasteiger partial charge >= 0.3 is 0 Å². The summed E-state index contributed by atoms with van der Waals surface area (Å²) in [6.07, 6.45) is 1.88. The summed E-state index contributed by atoms with van der Waals surface area (Å²) in [5.74, 6) is 0.291. The molecule has 1 N–H and O–H groups in total. The predicted octanol–water partition coefficient (Wildman–Crippen LogP) is 4.01. The summed E-state index contributed by atoms with van der Waals surface area (Å²) in [6.45, 7) is 6.61. The average Bonchev–Trinajstić information content (AvgIpc) is 2.43. The third kappa shape index (κ3) is 3.94. The molecule has 0 spiro atoms. The summed E-state index contributed by atoms with van der Waals surface area (Å²) in [7, 11) is 0. The maximum Gasteiger partial charge on any atom is 0.0465 e.